The summed E-state index contributed by atoms with van der Waals surface area (Å²) < 4.78 is 44.7. The normalized spacial score (nSPS) is 21.5. The second-order valence-electron chi connectivity index (χ2n) is 4.37. The molecule has 1 unspecified atom stereocenters. The minimum Gasteiger partial charge on any atom is -0.374 e. The number of hydrogen-bond acceptors (Lipinski definition) is 4. The molecule has 0 spiro atoms. The summed E-state index contributed by atoms with van der Waals surface area (Å²) in [6, 6.07) is 5.06. The fraction of sp³-hybridized carbons (Fsp3) is 0.500. The summed E-state index contributed by atoms with van der Waals surface area (Å²) in [5.41, 5.74) is 0. The van der Waals surface area contributed by atoms with E-state index in [4.69, 9.17) is 4.74 Å². The van der Waals surface area contributed by atoms with Gasteiger partial charge in [0.05, 0.1) is 17.6 Å². The van der Waals surface area contributed by atoms with Gasteiger partial charge in [0, 0.05) is 19.6 Å². The number of benzene rings is 1. The van der Waals surface area contributed by atoms with E-state index in [1.807, 2.05) is 0 Å². The molecule has 19 heavy (non-hydrogen) atoms. The molecular weight excluding hydrogens is 271 g/mol. The van der Waals surface area contributed by atoms with Crippen LogP contribution in [0.3, 0.4) is 0 Å². The van der Waals surface area contributed by atoms with Crippen molar-refractivity contribution in [3.63, 3.8) is 0 Å². The number of nitrogens with one attached hydrogen (secondary N) is 1. The van der Waals surface area contributed by atoms with Crippen LogP contribution >= 0.6 is 0 Å². The quantitative estimate of drug-likeness (QED) is 0.873. The lowest BCUT2D eigenvalue weighted by atomic mass is 10.3. The standard InChI is InChI=1S/C12H17FN2O3S/c1-14-8-11-9-15(5-6-18-11)19(16,17)12-4-2-3-10(13)7-12/h2-4,7,11,14H,5-6,8-9H2,1H3. The van der Waals surface area contributed by atoms with Crippen LogP contribution in [0.2, 0.25) is 0 Å². The predicted molar refractivity (Wildman–Crippen MR) is 68.8 cm³/mol. The van der Waals surface area contributed by atoms with Crippen molar-refractivity contribution in [1.82, 2.24) is 9.62 Å². The van der Waals surface area contributed by atoms with Gasteiger partial charge in [-0.3, -0.25) is 0 Å². The van der Waals surface area contributed by atoms with Crippen LogP contribution in [0.15, 0.2) is 29.2 Å². The molecule has 0 aliphatic carbocycles. The van der Waals surface area contributed by atoms with Gasteiger partial charge in [0.15, 0.2) is 0 Å². The molecule has 106 valence electrons. The van der Waals surface area contributed by atoms with Gasteiger partial charge in [-0.1, -0.05) is 6.07 Å². The predicted octanol–water partition coefficient (Wildman–Crippen LogP) is 0.435. The van der Waals surface area contributed by atoms with Gasteiger partial charge in [0.2, 0.25) is 10.0 Å². The van der Waals surface area contributed by atoms with E-state index in [1.54, 1.807) is 7.05 Å². The van der Waals surface area contributed by atoms with Crippen LogP contribution in [0.5, 0.6) is 0 Å². The van der Waals surface area contributed by atoms with E-state index in [9.17, 15) is 12.8 Å². The van der Waals surface area contributed by atoms with Crippen molar-refractivity contribution >= 4 is 10.0 Å². The van der Waals surface area contributed by atoms with E-state index in [2.05, 4.69) is 5.32 Å². The van der Waals surface area contributed by atoms with Crippen molar-refractivity contribution in [2.45, 2.75) is 11.0 Å². The summed E-state index contributed by atoms with van der Waals surface area (Å²) >= 11 is 0. The molecule has 7 heteroatoms. The fourth-order valence-electron chi connectivity index (χ4n) is 2.04. The molecule has 0 saturated carbocycles. The third-order valence-corrected chi connectivity index (χ3v) is 4.83. The van der Waals surface area contributed by atoms with E-state index >= 15 is 0 Å². The summed E-state index contributed by atoms with van der Waals surface area (Å²) in [6.45, 7) is 1.49. The van der Waals surface area contributed by atoms with E-state index in [-0.39, 0.29) is 17.5 Å². The van der Waals surface area contributed by atoms with Gasteiger partial charge < -0.3 is 10.1 Å². The number of ether oxygens (including phenoxy) is 1. The van der Waals surface area contributed by atoms with Gasteiger partial charge in [-0.2, -0.15) is 4.31 Å². The highest BCUT2D eigenvalue weighted by atomic mass is 32.2. The van der Waals surface area contributed by atoms with Gasteiger partial charge >= 0.3 is 0 Å². The lowest BCUT2D eigenvalue weighted by Gasteiger charge is -2.32. The molecular formula is C12H17FN2O3S. The summed E-state index contributed by atoms with van der Waals surface area (Å²) in [5.74, 6) is -0.555. The van der Waals surface area contributed by atoms with Crippen molar-refractivity contribution in [1.29, 1.82) is 0 Å². The minimum absolute atomic E-state index is 0.0161. The van der Waals surface area contributed by atoms with E-state index in [0.717, 1.165) is 6.07 Å². The van der Waals surface area contributed by atoms with Crippen LogP contribution in [0.1, 0.15) is 0 Å². The highest BCUT2D eigenvalue weighted by Gasteiger charge is 2.30. The van der Waals surface area contributed by atoms with Gasteiger partial charge in [-0.15, -0.1) is 0 Å². The number of likely N-dealkylation sites (N-methyl/N-ethyl adjacent to an activating group) is 1. The lowest BCUT2D eigenvalue weighted by Crippen LogP contribution is -2.48. The van der Waals surface area contributed by atoms with Crippen molar-refractivity contribution < 1.29 is 17.5 Å². The Morgan fingerprint density at radius 3 is 3.00 bits per heavy atom. The zero-order valence-corrected chi connectivity index (χ0v) is 11.5. The zero-order chi connectivity index (χ0) is 13.9. The Morgan fingerprint density at radius 2 is 2.32 bits per heavy atom. The number of halogens is 1. The molecule has 2 rings (SSSR count). The van der Waals surface area contributed by atoms with Crippen LogP contribution in [-0.4, -0.2) is 52.1 Å². The van der Waals surface area contributed by atoms with Crippen LogP contribution in [0.25, 0.3) is 0 Å². The van der Waals surface area contributed by atoms with Crippen LogP contribution in [0, 0.1) is 5.82 Å². The molecule has 0 radical (unpaired) electrons. The first-order valence-corrected chi connectivity index (χ1v) is 7.50. The molecule has 0 aromatic heterocycles. The highest BCUT2D eigenvalue weighted by molar-refractivity contribution is 7.89. The number of hydrogen-bond donors (Lipinski definition) is 1. The Labute approximate surface area is 112 Å². The molecule has 1 aromatic carbocycles. The van der Waals surface area contributed by atoms with E-state index in [1.165, 1.54) is 22.5 Å². The van der Waals surface area contributed by atoms with Gasteiger partial charge in [0.1, 0.15) is 5.82 Å². The van der Waals surface area contributed by atoms with Gasteiger partial charge in [0.25, 0.3) is 0 Å². The van der Waals surface area contributed by atoms with Crippen molar-refractivity contribution in [2.75, 3.05) is 33.3 Å². The average molecular weight is 288 g/mol. The zero-order valence-electron chi connectivity index (χ0n) is 10.7. The Balaban J connectivity index is 2.19. The number of rotatable bonds is 4. The van der Waals surface area contributed by atoms with Crippen molar-refractivity contribution in [3.8, 4) is 0 Å². The second-order valence-corrected chi connectivity index (χ2v) is 6.31. The maximum absolute atomic E-state index is 13.1. The first kappa shape index (κ1) is 14.4. The van der Waals surface area contributed by atoms with Gasteiger partial charge in [-0.25, -0.2) is 12.8 Å². The second kappa shape index (κ2) is 5.96. The average Bonchev–Trinajstić information content (AvgIpc) is 2.39. The Kier molecular flexibility index (Phi) is 4.51. The highest BCUT2D eigenvalue weighted by Crippen LogP contribution is 2.19. The Morgan fingerprint density at radius 1 is 1.53 bits per heavy atom. The fourth-order valence-corrected chi connectivity index (χ4v) is 3.53. The topological polar surface area (TPSA) is 58.6 Å². The van der Waals surface area contributed by atoms with Crippen molar-refractivity contribution in [2.24, 2.45) is 0 Å². The maximum atomic E-state index is 13.1. The smallest absolute Gasteiger partial charge is 0.243 e. The molecule has 1 aromatic rings. The summed E-state index contributed by atoms with van der Waals surface area (Å²) in [7, 11) is -1.87. The summed E-state index contributed by atoms with van der Waals surface area (Å²) in [4.78, 5) is -0.0161. The molecule has 1 saturated heterocycles. The van der Waals surface area contributed by atoms with E-state index in [0.29, 0.717) is 19.7 Å². The van der Waals surface area contributed by atoms with E-state index < -0.39 is 15.8 Å². The molecule has 1 fully saturated rings. The third-order valence-electron chi connectivity index (χ3n) is 2.97. The molecule has 1 aliphatic heterocycles. The first-order chi connectivity index (χ1) is 9.04. The molecule has 0 bridgehead atoms. The largest absolute Gasteiger partial charge is 0.374 e. The molecule has 1 atom stereocenters. The van der Waals surface area contributed by atoms with Crippen LogP contribution < -0.4 is 5.32 Å². The van der Waals surface area contributed by atoms with Gasteiger partial charge in [-0.05, 0) is 25.2 Å². The molecule has 1 N–H and O–H groups in total. The third kappa shape index (κ3) is 3.30. The van der Waals surface area contributed by atoms with Crippen molar-refractivity contribution in [3.05, 3.63) is 30.1 Å². The Hall–Kier alpha value is -1.02. The molecule has 1 aliphatic rings. The number of nitrogens with zero attached hydrogens (tertiary/aromatic N) is 1. The lowest BCUT2D eigenvalue weighted by molar-refractivity contribution is 0.000821. The molecule has 5 nitrogen and oxygen atoms in total. The first-order valence-electron chi connectivity index (χ1n) is 6.06. The molecule has 0 amide bonds. The SMILES string of the molecule is CNCC1CN(S(=O)(=O)c2cccc(F)c2)CCO1. The van der Waals surface area contributed by atoms with Crippen LogP contribution in [-0.2, 0) is 14.8 Å². The monoisotopic (exact) mass is 288 g/mol. The van der Waals surface area contributed by atoms with Crippen LogP contribution in [0.4, 0.5) is 4.39 Å². The number of morpholine rings is 1. The number of sulfonamides is 1. The summed E-state index contributed by atoms with van der Waals surface area (Å²) in [6.07, 6.45) is -0.179. The minimum atomic E-state index is -3.65. The maximum Gasteiger partial charge on any atom is 0.243 e. The molecule has 1 heterocycles. The summed E-state index contributed by atoms with van der Waals surface area (Å²) in [5, 5.41) is 2.95. The Bertz CT molecular complexity index is 534.